The SMILES string of the molecule is COc1c(-c2ccc(-c3ccc(CCCCO)cc3)c(N)c2)nc2cc[n+]([O-])cc2c1C(=O)NO. The highest BCUT2D eigenvalue weighted by Gasteiger charge is 2.24. The van der Waals surface area contributed by atoms with Gasteiger partial charge in [0.15, 0.2) is 18.1 Å². The number of nitrogens with two attached hydrogens (primary N) is 1. The van der Waals surface area contributed by atoms with E-state index in [-0.39, 0.29) is 23.3 Å². The lowest BCUT2D eigenvalue weighted by Gasteiger charge is -2.16. The van der Waals surface area contributed by atoms with E-state index in [1.165, 1.54) is 31.1 Å². The molecule has 4 rings (SSSR count). The molecule has 2 heterocycles. The molecule has 4 aromatic rings. The molecule has 0 saturated heterocycles. The van der Waals surface area contributed by atoms with Gasteiger partial charge in [0.05, 0.1) is 18.0 Å². The van der Waals surface area contributed by atoms with E-state index in [9.17, 15) is 15.2 Å². The number of hydrogen-bond acceptors (Lipinski definition) is 7. The first-order chi connectivity index (χ1) is 17.0. The molecule has 0 aliphatic heterocycles. The molecule has 9 nitrogen and oxygen atoms in total. The number of ether oxygens (including phenoxy) is 1. The maximum Gasteiger partial charge on any atom is 0.279 e. The average Bonchev–Trinajstić information content (AvgIpc) is 2.87. The van der Waals surface area contributed by atoms with Gasteiger partial charge in [0, 0.05) is 29.5 Å². The molecular weight excluding hydrogens is 448 g/mol. The molecule has 0 aliphatic rings. The standard InChI is InChI=1S/C26H26N4O5/c1-35-25-23(26(32)29-33)20-15-30(34)12-11-22(20)28-24(25)18-9-10-19(21(27)14-18)17-7-5-16(6-8-17)4-2-3-13-31/h5-12,14-15,31,33H,2-4,13,27H2,1H3,(H,29,32). The molecule has 0 atom stereocenters. The number of aliphatic hydroxyl groups excluding tert-OH is 1. The second-order valence-electron chi connectivity index (χ2n) is 8.09. The van der Waals surface area contributed by atoms with Gasteiger partial charge in [-0.2, -0.15) is 4.73 Å². The molecular formula is C26H26N4O5. The lowest BCUT2D eigenvalue weighted by Crippen LogP contribution is -2.26. The summed E-state index contributed by atoms with van der Waals surface area (Å²) in [7, 11) is 1.38. The Bertz CT molecular complexity index is 1370. The summed E-state index contributed by atoms with van der Waals surface area (Å²) in [5.41, 5.74) is 12.9. The Labute approximate surface area is 202 Å². The smallest absolute Gasteiger partial charge is 0.279 e. The third kappa shape index (κ3) is 4.86. The van der Waals surface area contributed by atoms with Gasteiger partial charge in [-0.1, -0.05) is 36.4 Å². The fourth-order valence-electron chi connectivity index (χ4n) is 4.11. The number of nitrogens with zero attached hydrogens (tertiary/aromatic N) is 2. The number of aromatic nitrogens is 2. The normalized spacial score (nSPS) is 10.9. The van der Waals surface area contributed by atoms with Crippen LogP contribution in [0.3, 0.4) is 0 Å². The fourth-order valence-corrected chi connectivity index (χ4v) is 4.11. The molecule has 2 aromatic carbocycles. The minimum absolute atomic E-state index is 0.0142. The van der Waals surface area contributed by atoms with Gasteiger partial charge in [-0.3, -0.25) is 10.0 Å². The number of hydrogen-bond donors (Lipinski definition) is 4. The Balaban J connectivity index is 1.76. The second-order valence-corrected chi connectivity index (χ2v) is 8.09. The molecule has 0 radical (unpaired) electrons. The van der Waals surface area contributed by atoms with Crippen molar-refractivity contribution >= 4 is 22.5 Å². The Morgan fingerprint density at radius 2 is 1.89 bits per heavy atom. The Kier molecular flexibility index (Phi) is 7.09. The van der Waals surface area contributed by atoms with E-state index >= 15 is 0 Å². The zero-order valence-electron chi connectivity index (χ0n) is 19.2. The zero-order chi connectivity index (χ0) is 24.9. The number of unbranched alkanes of at least 4 members (excludes halogenated alkanes) is 1. The van der Waals surface area contributed by atoms with E-state index in [1.54, 1.807) is 11.5 Å². The number of carbonyl (C=O) groups excluding carboxylic acids is 1. The first-order valence-electron chi connectivity index (χ1n) is 11.1. The van der Waals surface area contributed by atoms with Crippen LogP contribution in [0.1, 0.15) is 28.8 Å². The largest absolute Gasteiger partial charge is 0.619 e. The predicted molar refractivity (Wildman–Crippen MR) is 132 cm³/mol. The van der Waals surface area contributed by atoms with Crippen molar-refractivity contribution in [2.45, 2.75) is 19.3 Å². The summed E-state index contributed by atoms with van der Waals surface area (Å²) in [4.78, 5) is 17.1. The highest BCUT2D eigenvalue weighted by molar-refractivity contribution is 6.09. The second kappa shape index (κ2) is 10.4. The van der Waals surface area contributed by atoms with Crippen LogP contribution in [0.15, 0.2) is 60.9 Å². The van der Waals surface area contributed by atoms with E-state index < -0.39 is 5.91 Å². The molecule has 0 spiro atoms. The van der Waals surface area contributed by atoms with Crippen LogP contribution >= 0.6 is 0 Å². The summed E-state index contributed by atoms with van der Waals surface area (Å²) in [5.74, 6) is -0.722. The maximum atomic E-state index is 12.5. The Hall–Kier alpha value is -4.21. The molecule has 0 aliphatic carbocycles. The van der Waals surface area contributed by atoms with Crippen molar-refractivity contribution in [1.82, 2.24) is 10.5 Å². The number of fused-ring (bicyclic) bond motifs is 1. The summed E-state index contributed by atoms with van der Waals surface area (Å²) in [5, 5.41) is 30.3. The van der Waals surface area contributed by atoms with Crippen molar-refractivity contribution in [3.05, 3.63) is 77.3 Å². The monoisotopic (exact) mass is 474 g/mol. The third-order valence-electron chi connectivity index (χ3n) is 5.85. The number of nitrogen functional groups attached to an aromatic ring is 1. The molecule has 2 aromatic heterocycles. The van der Waals surface area contributed by atoms with Gasteiger partial charge in [-0.25, -0.2) is 10.5 Å². The molecule has 0 fully saturated rings. The van der Waals surface area contributed by atoms with Crippen LogP contribution in [0.4, 0.5) is 5.69 Å². The van der Waals surface area contributed by atoms with Crippen LogP contribution in [-0.2, 0) is 6.42 Å². The van der Waals surface area contributed by atoms with Crippen LogP contribution in [-0.4, -0.2) is 34.9 Å². The number of anilines is 1. The van der Waals surface area contributed by atoms with Crippen molar-refractivity contribution in [3.63, 3.8) is 0 Å². The lowest BCUT2D eigenvalue weighted by atomic mass is 9.97. The van der Waals surface area contributed by atoms with Crippen LogP contribution in [0.2, 0.25) is 0 Å². The summed E-state index contributed by atoms with van der Waals surface area (Å²) in [6.45, 7) is 0.197. The van der Waals surface area contributed by atoms with E-state index in [4.69, 9.17) is 15.6 Å². The van der Waals surface area contributed by atoms with Crippen LogP contribution in [0, 0.1) is 5.21 Å². The average molecular weight is 475 g/mol. The number of amides is 1. The number of nitrogens with one attached hydrogen (secondary N) is 1. The molecule has 5 N–H and O–H groups in total. The molecule has 1 amide bonds. The number of pyridine rings is 2. The number of rotatable bonds is 8. The third-order valence-corrected chi connectivity index (χ3v) is 5.85. The van der Waals surface area contributed by atoms with Crippen LogP contribution in [0.5, 0.6) is 5.75 Å². The summed E-state index contributed by atoms with van der Waals surface area (Å²) in [6, 6.07) is 15.1. The minimum atomic E-state index is -0.828. The number of methoxy groups -OCH3 is 1. The van der Waals surface area contributed by atoms with Gasteiger partial charge in [0.25, 0.3) is 5.91 Å². The van der Waals surface area contributed by atoms with Crippen molar-refractivity contribution in [2.75, 3.05) is 19.5 Å². The molecule has 0 saturated carbocycles. The van der Waals surface area contributed by atoms with Gasteiger partial charge >= 0.3 is 0 Å². The molecule has 180 valence electrons. The minimum Gasteiger partial charge on any atom is -0.619 e. The lowest BCUT2D eigenvalue weighted by molar-refractivity contribution is -0.603. The molecule has 0 bridgehead atoms. The van der Waals surface area contributed by atoms with Gasteiger partial charge in [-0.05, 0) is 36.5 Å². The predicted octanol–water partition coefficient (Wildman–Crippen LogP) is 3.23. The van der Waals surface area contributed by atoms with Crippen molar-refractivity contribution in [2.24, 2.45) is 0 Å². The van der Waals surface area contributed by atoms with E-state index in [2.05, 4.69) is 17.1 Å². The Morgan fingerprint density at radius 3 is 2.54 bits per heavy atom. The number of aliphatic hydroxyl groups is 1. The first kappa shape index (κ1) is 23.9. The summed E-state index contributed by atoms with van der Waals surface area (Å²) < 4.78 is 6.05. The van der Waals surface area contributed by atoms with Crippen molar-refractivity contribution in [3.8, 4) is 28.1 Å². The summed E-state index contributed by atoms with van der Waals surface area (Å²) in [6.07, 6.45) is 5.08. The molecule has 0 unspecified atom stereocenters. The van der Waals surface area contributed by atoms with E-state index in [0.29, 0.717) is 27.2 Å². The quantitative estimate of drug-likeness (QED) is 0.0766. The van der Waals surface area contributed by atoms with Gasteiger partial charge in [0.1, 0.15) is 11.3 Å². The van der Waals surface area contributed by atoms with Gasteiger partial charge in [-0.15, -0.1) is 0 Å². The van der Waals surface area contributed by atoms with Gasteiger partial charge < -0.3 is 20.8 Å². The highest BCUT2D eigenvalue weighted by atomic mass is 16.5. The Morgan fingerprint density at radius 1 is 1.14 bits per heavy atom. The van der Waals surface area contributed by atoms with Crippen LogP contribution < -0.4 is 20.7 Å². The van der Waals surface area contributed by atoms with E-state index in [0.717, 1.165) is 30.4 Å². The molecule has 35 heavy (non-hydrogen) atoms. The number of aryl methyl sites for hydroxylation is 1. The van der Waals surface area contributed by atoms with E-state index in [1.807, 2.05) is 24.3 Å². The zero-order valence-corrected chi connectivity index (χ0v) is 19.2. The number of carbonyl (C=O) groups is 1. The highest BCUT2D eigenvalue weighted by Crippen LogP contribution is 2.38. The number of hydroxylamine groups is 1. The molecule has 9 heteroatoms. The van der Waals surface area contributed by atoms with Crippen molar-refractivity contribution in [1.29, 1.82) is 0 Å². The first-order valence-corrected chi connectivity index (χ1v) is 11.1. The number of benzene rings is 2. The van der Waals surface area contributed by atoms with Crippen molar-refractivity contribution < 1.29 is 24.6 Å². The maximum absolute atomic E-state index is 12.5. The van der Waals surface area contributed by atoms with Crippen LogP contribution in [0.25, 0.3) is 33.3 Å². The van der Waals surface area contributed by atoms with Gasteiger partial charge in [0.2, 0.25) is 0 Å². The fraction of sp³-hybridized carbons (Fsp3) is 0.192. The topological polar surface area (TPSA) is 145 Å². The summed E-state index contributed by atoms with van der Waals surface area (Å²) >= 11 is 0.